The normalized spacial score (nSPS) is 19.7. The maximum absolute atomic E-state index is 13.9. The highest BCUT2D eigenvalue weighted by atomic mass is 35.5. The van der Waals surface area contributed by atoms with Gasteiger partial charge in [0.1, 0.15) is 22.8 Å². The van der Waals surface area contributed by atoms with Crippen LogP contribution in [0, 0.1) is 21.4 Å². The number of aromatic amines is 1. The van der Waals surface area contributed by atoms with E-state index in [0.717, 1.165) is 80.3 Å². The smallest absolute Gasteiger partial charge is 0.293 e. The van der Waals surface area contributed by atoms with E-state index in [1.165, 1.54) is 42.5 Å². The van der Waals surface area contributed by atoms with Crippen molar-refractivity contribution in [1.29, 1.82) is 0 Å². The Morgan fingerprint density at radius 3 is 2.63 bits per heavy atom. The lowest BCUT2D eigenvalue weighted by Gasteiger charge is -2.56. The Morgan fingerprint density at radius 1 is 1.05 bits per heavy atom. The average Bonchev–Trinajstić information content (AvgIpc) is 3.95. The summed E-state index contributed by atoms with van der Waals surface area (Å²) in [6.45, 7) is 6.71. The molecule has 1 atom stereocenters. The maximum Gasteiger partial charge on any atom is 0.293 e. The molecule has 4 fully saturated rings. The first-order valence-electron chi connectivity index (χ1n) is 21.7. The van der Waals surface area contributed by atoms with Gasteiger partial charge in [-0.1, -0.05) is 30.7 Å². The van der Waals surface area contributed by atoms with E-state index in [-0.39, 0.29) is 28.3 Å². The number of carbonyl (C=O) groups is 1. The number of rotatable bonds is 13. The first-order valence-corrected chi connectivity index (χ1v) is 23.6. The van der Waals surface area contributed by atoms with E-state index in [4.69, 9.17) is 21.1 Å². The van der Waals surface area contributed by atoms with Gasteiger partial charge in [-0.25, -0.2) is 18.1 Å². The third kappa shape index (κ3) is 8.59. The van der Waals surface area contributed by atoms with Crippen molar-refractivity contribution < 1.29 is 27.6 Å². The Bertz CT molecular complexity index is 2580. The molecule has 1 amide bonds. The maximum atomic E-state index is 13.9. The number of ether oxygens (including phenoxy) is 2. The summed E-state index contributed by atoms with van der Waals surface area (Å²) >= 11 is 6.65. The molecule has 1 spiro atoms. The van der Waals surface area contributed by atoms with Gasteiger partial charge in [-0.15, -0.1) is 0 Å². The van der Waals surface area contributed by atoms with Crippen LogP contribution in [0.2, 0.25) is 5.02 Å². The monoisotopic (exact) mass is 881 g/mol. The van der Waals surface area contributed by atoms with Crippen LogP contribution in [0.3, 0.4) is 0 Å². The summed E-state index contributed by atoms with van der Waals surface area (Å²) in [6, 6.07) is 19.7. The summed E-state index contributed by atoms with van der Waals surface area (Å²) in [7, 11) is -4.54. The Kier molecular flexibility index (Phi) is 11.9. The predicted molar refractivity (Wildman–Crippen MR) is 239 cm³/mol. The van der Waals surface area contributed by atoms with E-state index in [1.54, 1.807) is 30.6 Å². The number of halogens is 1. The molecule has 4 aliphatic rings. The number of nitro benzene ring substituents is 1. The molecule has 1 saturated carbocycles. The van der Waals surface area contributed by atoms with Gasteiger partial charge in [-0.3, -0.25) is 19.8 Å². The number of fused-ring (bicyclic) bond motifs is 1. The van der Waals surface area contributed by atoms with Crippen molar-refractivity contribution in [3.05, 3.63) is 111 Å². The molecule has 2 aromatic heterocycles. The summed E-state index contributed by atoms with van der Waals surface area (Å²) in [6.07, 6.45) is 12.7. The Morgan fingerprint density at radius 2 is 1.85 bits per heavy atom. The average molecular weight is 882 g/mol. The molecule has 326 valence electrons. The summed E-state index contributed by atoms with van der Waals surface area (Å²) in [5, 5.41) is 16.9. The quantitative estimate of drug-likeness (QED) is 0.0761. The van der Waals surface area contributed by atoms with Gasteiger partial charge in [0.25, 0.3) is 21.6 Å². The number of piperidine rings is 1. The minimum Gasteiger partial charge on any atom is -0.455 e. The second-order valence-corrected chi connectivity index (χ2v) is 19.4. The zero-order valence-corrected chi connectivity index (χ0v) is 36.3. The lowest BCUT2D eigenvalue weighted by Crippen LogP contribution is -2.54. The molecule has 3 N–H and O–H groups in total. The Balaban J connectivity index is 0.904. The zero-order chi connectivity index (χ0) is 43.0. The van der Waals surface area contributed by atoms with Crippen molar-refractivity contribution >= 4 is 55.6 Å². The molecule has 0 radical (unpaired) electrons. The van der Waals surface area contributed by atoms with E-state index in [2.05, 4.69) is 48.9 Å². The number of nitrogens with one attached hydrogen (secondary N) is 3. The number of hydrogen-bond donors (Lipinski definition) is 3. The van der Waals surface area contributed by atoms with Crippen LogP contribution in [0.15, 0.2) is 84.0 Å². The number of hydrogen-bond acceptors (Lipinski definition) is 11. The molecule has 1 aliphatic carbocycles. The third-order valence-corrected chi connectivity index (χ3v) is 15.3. The highest BCUT2D eigenvalue weighted by molar-refractivity contribution is 7.90. The fourth-order valence-electron chi connectivity index (χ4n) is 10.1. The van der Waals surface area contributed by atoms with E-state index < -0.39 is 31.4 Å². The van der Waals surface area contributed by atoms with Crippen molar-refractivity contribution in [3.8, 4) is 11.5 Å². The van der Waals surface area contributed by atoms with Crippen LogP contribution < -0.4 is 19.7 Å². The number of sulfonamides is 1. The molecule has 3 saturated heterocycles. The number of benzene rings is 3. The summed E-state index contributed by atoms with van der Waals surface area (Å²) in [5.74, 6) is -0.135. The van der Waals surface area contributed by atoms with Crippen molar-refractivity contribution in [1.82, 2.24) is 19.6 Å². The summed E-state index contributed by atoms with van der Waals surface area (Å²) in [5.41, 5.74) is 4.25. The fourth-order valence-corrected chi connectivity index (χ4v) is 11.4. The molecule has 1 unspecified atom stereocenters. The van der Waals surface area contributed by atoms with Gasteiger partial charge in [0.2, 0.25) is 0 Å². The topological polar surface area (TPSA) is 172 Å². The number of pyridine rings is 1. The van der Waals surface area contributed by atoms with Gasteiger partial charge < -0.3 is 24.7 Å². The minimum atomic E-state index is -4.54. The molecule has 5 heterocycles. The van der Waals surface area contributed by atoms with Gasteiger partial charge in [0, 0.05) is 79.4 Å². The van der Waals surface area contributed by atoms with Gasteiger partial charge in [-0.2, -0.15) is 0 Å². The molecule has 62 heavy (non-hydrogen) atoms. The van der Waals surface area contributed by atoms with Crippen LogP contribution in [0.4, 0.5) is 17.1 Å². The van der Waals surface area contributed by atoms with Crippen LogP contribution in [0.5, 0.6) is 11.5 Å². The number of nitro groups is 1. The van der Waals surface area contributed by atoms with Gasteiger partial charge >= 0.3 is 0 Å². The second-order valence-electron chi connectivity index (χ2n) is 17.3. The van der Waals surface area contributed by atoms with Crippen molar-refractivity contribution in [2.45, 2.75) is 81.7 Å². The molecular formula is C46H52ClN7O7S. The Hall–Kier alpha value is -5.22. The highest BCUT2D eigenvalue weighted by Gasteiger charge is 2.50. The van der Waals surface area contributed by atoms with E-state index in [0.29, 0.717) is 43.2 Å². The first-order chi connectivity index (χ1) is 30.0. The lowest BCUT2D eigenvalue weighted by atomic mass is 9.59. The summed E-state index contributed by atoms with van der Waals surface area (Å²) in [4.78, 5) is 37.5. The number of nitrogens with zero attached hydrogens (tertiary/aromatic N) is 4. The minimum absolute atomic E-state index is 0.0165. The summed E-state index contributed by atoms with van der Waals surface area (Å²) < 4.78 is 41.2. The van der Waals surface area contributed by atoms with Crippen LogP contribution in [-0.2, 0) is 21.2 Å². The molecule has 3 aliphatic heterocycles. The van der Waals surface area contributed by atoms with Gasteiger partial charge in [-0.05, 0) is 129 Å². The lowest BCUT2D eigenvalue weighted by molar-refractivity contribution is -0.384. The molecule has 0 bridgehead atoms. The standard InChI is InChI=1S/C46H52ClN7O7S/c1-2-36-37(5-3-6-39(36)47)41-7-4-18-53(41)33-26-46(27-33)15-19-52(20-16-46)32-8-10-38(43(24-32)61-34-23-31-12-17-48-44(31)50-29-34)45(55)51-62(58,59)35-9-11-40(42(25-35)54(56)57)49-28-30-13-21-60-22-14-30/h3,5-6,8-12,17,23-25,29-30,33,41,49H,2,4,7,13-16,18-22,26-28H2,1H3,(H,48,50)(H,51,55). The number of aromatic nitrogens is 2. The first kappa shape index (κ1) is 42.1. The van der Waals surface area contributed by atoms with Crippen molar-refractivity contribution in [2.75, 3.05) is 49.6 Å². The number of H-pyrrole nitrogens is 1. The number of anilines is 2. The third-order valence-electron chi connectivity index (χ3n) is 13.6. The van der Waals surface area contributed by atoms with Crippen LogP contribution in [0.1, 0.15) is 85.8 Å². The Labute approximate surface area is 366 Å². The van der Waals surface area contributed by atoms with Crippen LogP contribution >= 0.6 is 11.6 Å². The molecule has 9 rings (SSSR count). The van der Waals surface area contributed by atoms with E-state index >= 15 is 0 Å². The molecule has 5 aromatic rings. The van der Waals surface area contributed by atoms with Gasteiger partial charge in [0.05, 0.1) is 21.6 Å². The highest BCUT2D eigenvalue weighted by Crippen LogP contribution is 2.54. The fraction of sp³-hybridized carbons (Fsp3) is 0.435. The SMILES string of the molecule is CCc1c(Cl)cccc1C1CCCN1C1CC2(CCN(c3ccc(C(=O)NS(=O)(=O)c4ccc(NCC5CCOCC5)c([N+](=O)[O-])c4)c(Oc4cnc5[nH]ccc5c4)c3)CC2)C1. The molecular weight excluding hydrogens is 830 g/mol. The number of likely N-dealkylation sites (tertiary alicyclic amines) is 1. The molecule has 14 nitrogen and oxygen atoms in total. The van der Waals surface area contributed by atoms with Gasteiger partial charge in [0.15, 0.2) is 0 Å². The second kappa shape index (κ2) is 17.5. The number of carbonyl (C=O) groups excluding carboxylic acids is 1. The van der Waals surface area contributed by atoms with E-state index in [1.807, 2.05) is 18.2 Å². The van der Waals surface area contributed by atoms with Crippen molar-refractivity contribution in [3.63, 3.8) is 0 Å². The van der Waals surface area contributed by atoms with E-state index in [9.17, 15) is 23.3 Å². The van der Waals surface area contributed by atoms with Crippen molar-refractivity contribution in [2.24, 2.45) is 11.3 Å². The molecule has 16 heteroatoms. The van der Waals surface area contributed by atoms with Crippen LogP contribution in [0.25, 0.3) is 11.0 Å². The predicted octanol–water partition coefficient (Wildman–Crippen LogP) is 9.02. The largest absolute Gasteiger partial charge is 0.455 e. The van der Waals surface area contributed by atoms with Crippen LogP contribution in [-0.4, -0.2) is 79.6 Å². The molecule has 3 aromatic carbocycles. The zero-order valence-electron chi connectivity index (χ0n) is 34.8. The number of amides is 1.